The molecule has 0 saturated carbocycles. The van der Waals surface area contributed by atoms with E-state index >= 15 is 0 Å². The number of aryl methyl sites for hydroxylation is 1. The quantitative estimate of drug-likeness (QED) is 0.504. The minimum Gasteiger partial charge on any atom is -0.497 e. The average Bonchev–Trinajstić information content (AvgIpc) is 3.29. The second-order valence-corrected chi connectivity index (χ2v) is 6.51. The molecule has 0 aliphatic rings. The Morgan fingerprint density at radius 1 is 1.07 bits per heavy atom. The van der Waals surface area contributed by atoms with Gasteiger partial charge in [0.1, 0.15) is 22.8 Å². The van der Waals surface area contributed by atoms with Gasteiger partial charge in [-0.1, -0.05) is 0 Å². The number of hydrogen-bond acceptors (Lipinski definition) is 6. The summed E-state index contributed by atoms with van der Waals surface area (Å²) in [7, 11) is 3.60. The molecule has 0 atom stereocenters. The monoisotopic (exact) mass is 371 g/mol. The van der Waals surface area contributed by atoms with Gasteiger partial charge in [-0.15, -0.1) is 10.2 Å². The van der Waals surface area contributed by atoms with E-state index in [-0.39, 0.29) is 5.95 Å². The van der Waals surface area contributed by atoms with Crippen LogP contribution in [0.4, 0.5) is 5.95 Å². The second kappa shape index (κ2) is 6.05. The Morgan fingerprint density at radius 2 is 1.96 bits per heavy atom. The molecule has 4 heterocycles. The number of nitrogens with zero attached hydrogens (tertiary/aromatic N) is 5. The first-order valence-electron chi connectivity index (χ1n) is 8.72. The average molecular weight is 371 g/mol. The topological polar surface area (TPSA) is 108 Å². The zero-order valence-electron chi connectivity index (χ0n) is 15.3. The van der Waals surface area contributed by atoms with Crippen molar-refractivity contribution in [3.8, 4) is 28.3 Å². The van der Waals surface area contributed by atoms with E-state index in [4.69, 9.17) is 10.5 Å². The number of aromatic nitrogens is 6. The zero-order chi connectivity index (χ0) is 19.3. The first kappa shape index (κ1) is 16.2. The SMILES string of the molecule is COc1ccc2[nH]cc(-c3nc(N)nnc3-c3cn(C)c4ncccc34)c2c1. The number of anilines is 1. The third-order valence-electron chi connectivity index (χ3n) is 4.84. The maximum atomic E-state index is 5.89. The van der Waals surface area contributed by atoms with Crippen molar-refractivity contribution in [3.63, 3.8) is 0 Å². The summed E-state index contributed by atoms with van der Waals surface area (Å²) in [4.78, 5) is 12.3. The third kappa shape index (κ3) is 2.38. The van der Waals surface area contributed by atoms with E-state index in [1.165, 1.54) is 0 Å². The molecule has 0 aliphatic heterocycles. The molecule has 8 heteroatoms. The molecule has 4 aromatic heterocycles. The molecule has 138 valence electrons. The van der Waals surface area contributed by atoms with Gasteiger partial charge in [-0.25, -0.2) is 9.97 Å². The van der Waals surface area contributed by atoms with Gasteiger partial charge in [-0.3, -0.25) is 0 Å². The number of H-pyrrole nitrogens is 1. The summed E-state index contributed by atoms with van der Waals surface area (Å²) in [6.07, 6.45) is 5.66. The van der Waals surface area contributed by atoms with E-state index < -0.39 is 0 Å². The number of benzene rings is 1. The number of fused-ring (bicyclic) bond motifs is 2. The van der Waals surface area contributed by atoms with Crippen LogP contribution in [-0.2, 0) is 7.05 Å². The molecule has 0 radical (unpaired) electrons. The summed E-state index contributed by atoms with van der Waals surface area (Å²) in [5.41, 5.74) is 10.8. The van der Waals surface area contributed by atoms with Crippen molar-refractivity contribution in [3.05, 3.63) is 48.9 Å². The molecule has 3 N–H and O–H groups in total. The van der Waals surface area contributed by atoms with Gasteiger partial charge in [-0.2, -0.15) is 0 Å². The van der Waals surface area contributed by atoms with Crippen LogP contribution in [0.15, 0.2) is 48.9 Å². The lowest BCUT2D eigenvalue weighted by atomic mass is 10.0. The standard InChI is InChI=1S/C20H17N7O/c1-27-10-15(12-4-3-7-22-19(12)27)18-17(24-20(21)26-25-18)14-9-23-16-6-5-11(28-2)8-13(14)16/h3-10,23H,1-2H3,(H2,21,24,26). The number of aromatic amines is 1. The minimum atomic E-state index is 0.120. The highest BCUT2D eigenvalue weighted by molar-refractivity contribution is 6.02. The molecule has 0 unspecified atom stereocenters. The van der Waals surface area contributed by atoms with Crippen molar-refractivity contribution in [2.24, 2.45) is 7.05 Å². The lowest BCUT2D eigenvalue weighted by molar-refractivity contribution is 0.415. The zero-order valence-corrected chi connectivity index (χ0v) is 15.3. The maximum absolute atomic E-state index is 5.89. The molecule has 5 rings (SSSR count). The largest absolute Gasteiger partial charge is 0.497 e. The lowest BCUT2D eigenvalue weighted by Gasteiger charge is -2.07. The van der Waals surface area contributed by atoms with Crippen molar-refractivity contribution in [2.45, 2.75) is 0 Å². The van der Waals surface area contributed by atoms with Crippen molar-refractivity contribution in [2.75, 3.05) is 12.8 Å². The van der Waals surface area contributed by atoms with Crippen LogP contribution in [0.3, 0.4) is 0 Å². The molecular weight excluding hydrogens is 354 g/mol. The van der Waals surface area contributed by atoms with Crippen LogP contribution in [0.5, 0.6) is 5.75 Å². The number of nitrogens with two attached hydrogens (primary N) is 1. The summed E-state index contributed by atoms with van der Waals surface area (Å²) in [6, 6.07) is 9.76. The maximum Gasteiger partial charge on any atom is 0.240 e. The lowest BCUT2D eigenvalue weighted by Crippen LogP contribution is -2.02. The molecule has 1 aromatic carbocycles. The predicted octanol–water partition coefficient (Wildman–Crippen LogP) is 3.16. The third-order valence-corrected chi connectivity index (χ3v) is 4.84. The van der Waals surface area contributed by atoms with Crippen molar-refractivity contribution in [1.82, 2.24) is 29.7 Å². The van der Waals surface area contributed by atoms with Gasteiger partial charge in [0.15, 0.2) is 0 Å². The minimum absolute atomic E-state index is 0.120. The summed E-state index contributed by atoms with van der Waals surface area (Å²) in [5, 5.41) is 10.3. The number of methoxy groups -OCH3 is 1. The van der Waals surface area contributed by atoms with E-state index in [0.717, 1.165) is 38.8 Å². The molecular formula is C20H17N7O. The molecule has 0 spiro atoms. The van der Waals surface area contributed by atoms with Gasteiger partial charge in [0.25, 0.3) is 0 Å². The van der Waals surface area contributed by atoms with E-state index in [1.807, 2.05) is 54.3 Å². The number of nitrogen functional groups attached to an aromatic ring is 1. The number of rotatable bonds is 3. The van der Waals surface area contributed by atoms with Crippen LogP contribution in [0.2, 0.25) is 0 Å². The normalized spacial score (nSPS) is 11.4. The fourth-order valence-corrected chi connectivity index (χ4v) is 3.53. The number of pyridine rings is 1. The molecule has 0 fully saturated rings. The molecule has 0 saturated heterocycles. The molecule has 8 nitrogen and oxygen atoms in total. The van der Waals surface area contributed by atoms with Crippen LogP contribution in [-0.4, -0.2) is 36.8 Å². The fourth-order valence-electron chi connectivity index (χ4n) is 3.53. The summed E-state index contributed by atoms with van der Waals surface area (Å²) in [6.45, 7) is 0. The molecule has 5 aromatic rings. The Kier molecular flexibility index (Phi) is 3.51. The Balaban J connectivity index is 1.81. The van der Waals surface area contributed by atoms with E-state index in [2.05, 4.69) is 25.1 Å². The summed E-state index contributed by atoms with van der Waals surface area (Å²) in [5.74, 6) is 0.883. The number of nitrogens with one attached hydrogen (secondary N) is 1. The van der Waals surface area contributed by atoms with Crippen molar-refractivity contribution in [1.29, 1.82) is 0 Å². The van der Waals surface area contributed by atoms with Crippen LogP contribution >= 0.6 is 0 Å². The van der Waals surface area contributed by atoms with E-state index in [0.29, 0.717) is 11.4 Å². The first-order chi connectivity index (χ1) is 13.7. The molecule has 28 heavy (non-hydrogen) atoms. The molecule has 0 bridgehead atoms. The highest BCUT2D eigenvalue weighted by atomic mass is 16.5. The van der Waals surface area contributed by atoms with Gasteiger partial charge in [0, 0.05) is 53.1 Å². The Morgan fingerprint density at radius 3 is 2.82 bits per heavy atom. The number of hydrogen-bond donors (Lipinski definition) is 2. The van der Waals surface area contributed by atoms with Crippen molar-refractivity contribution >= 4 is 27.9 Å². The first-order valence-corrected chi connectivity index (χ1v) is 8.72. The van der Waals surface area contributed by atoms with Gasteiger partial charge >= 0.3 is 0 Å². The summed E-state index contributed by atoms with van der Waals surface area (Å²) < 4.78 is 7.35. The fraction of sp³-hybridized carbons (Fsp3) is 0.100. The smallest absolute Gasteiger partial charge is 0.240 e. The van der Waals surface area contributed by atoms with Crippen LogP contribution < -0.4 is 10.5 Å². The summed E-state index contributed by atoms with van der Waals surface area (Å²) >= 11 is 0. The number of ether oxygens (including phenoxy) is 1. The van der Waals surface area contributed by atoms with Crippen LogP contribution in [0.1, 0.15) is 0 Å². The van der Waals surface area contributed by atoms with Gasteiger partial charge in [0.2, 0.25) is 5.95 Å². The van der Waals surface area contributed by atoms with E-state index in [9.17, 15) is 0 Å². The second-order valence-electron chi connectivity index (χ2n) is 6.51. The van der Waals surface area contributed by atoms with Crippen LogP contribution in [0, 0.1) is 0 Å². The van der Waals surface area contributed by atoms with E-state index in [1.54, 1.807) is 13.3 Å². The Labute approximate surface area is 160 Å². The van der Waals surface area contributed by atoms with Gasteiger partial charge in [-0.05, 0) is 30.3 Å². The molecule has 0 aliphatic carbocycles. The van der Waals surface area contributed by atoms with Gasteiger partial charge in [0.05, 0.1) is 7.11 Å². The molecule has 0 amide bonds. The van der Waals surface area contributed by atoms with Gasteiger partial charge < -0.3 is 20.0 Å². The Hall–Kier alpha value is -3.94. The van der Waals surface area contributed by atoms with Crippen molar-refractivity contribution < 1.29 is 4.74 Å². The Bertz CT molecular complexity index is 1340. The highest BCUT2D eigenvalue weighted by Gasteiger charge is 2.20. The predicted molar refractivity (Wildman–Crippen MR) is 108 cm³/mol. The highest BCUT2D eigenvalue weighted by Crippen LogP contribution is 2.37. The van der Waals surface area contributed by atoms with Crippen LogP contribution in [0.25, 0.3) is 44.5 Å².